The molecule has 0 radical (unpaired) electrons. The van der Waals surface area contributed by atoms with Crippen LogP contribution in [0.1, 0.15) is 32.1 Å². The van der Waals surface area contributed by atoms with Crippen molar-refractivity contribution in [2.45, 2.75) is 38.1 Å². The number of fused-ring (bicyclic) bond motifs is 1. The molecular weight excluding hydrogens is 288 g/mol. The highest BCUT2D eigenvalue weighted by Gasteiger charge is 2.41. The van der Waals surface area contributed by atoms with Gasteiger partial charge in [-0.15, -0.1) is 0 Å². The zero-order chi connectivity index (χ0) is 15.8. The van der Waals surface area contributed by atoms with E-state index in [2.05, 4.69) is 26.8 Å². The highest BCUT2D eigenvalue weighted by molar-refractivity contribution is 5.42. The third-order valence-corrected chi connectivity index (χ3v) is 6.10. The lowest BCUT2D eigenvalue weighted by molar-refractivity contribution is 0.145. The van der Waals surface area contributed by atoms with E-state index in [-0.39, 0.29) is 0 Å². The minimum absolute atomic E-state index is 0.662. The first-order valence-electron chi connectivity index (χ1n) is 9.06. The summed E-state index contributed by atoms with van der Waals surface area (Å²) in [6.45, 7) is 3.58. The molecule has 3 aliphatic rings. The molecule has 2 heterocycles. The highest BCUT2D eigenvalue weighted by atomic mass is 16.5. The van der Waals surface area contributed by atoms with Crippen molar-refractivity contribution >= 4 is 5.82 Å². The van der Waals surface area contributed by atoms with Crippen LogP contribution in [0.25, 0.3) is 0 Å². The van der Waals surface area contributed by atoms with E-state index < -0.39 is 0 Å². The van der Waals surface area contributed by atoms with Crippen molar-refractivity contribution in [2.75, 3.05) is 38.7 Å². The number of methoxy groups -OCH3 is 1. The summed E-state index contributed by atoms with van der Waals surface area (Å²) in [7, 11) is 3.99. The summed E-state index contributed by atoms with van der Waals surface area (Å²) in [5.41, 5.74) is 0. The van der Waals surface area contributed by atoms with Crippen molar-refractivity contribution in [2.24, 2.45) is 17.8 Å². The van der Waals surface area contributed by atoms with E-state index in [1.165, 1.54) is 38.6 Å². The van der Waals surface area contributed by atoms with Gasteiger partial charge in [-0.3, -0.25) is 0 Å². The fourth-order valence-corrected chi connectivity index (χ4v) is 4.65. The van der Waals surface area contributed by atoms with E-state index in [9.17, 15) is 0 Å². The number of hydrogen-bond acceptors (Lipinski definition) is 5. The van der Waals surface area contributed by atoms with Crippen LogP contribution < -0.4 is 9.64 Å². The van der Waals surface area contributed by atoms with Crippen LogP contribution in [-0.2, 0) is 0 Å². The van der Waals surface area contributed by atoms with Crippen LogP contribution in [0, 0.1) is 17.8 Å². The van der Waals surface area contributed by atoms with Crippen molar-refractivity contribution < 1.29 is 4.74 Å². The Balaban J connectivity index is 1.45. The van der Waals surface area contributed by atoms with Crippen LogP contribution in [0.4, 0.5) is 5.82 Å². The third kappa shape index (κ3) is 3.16. The van der Waals surface area contributed by atoms with Crippen LogP contribution in [-0.4, -0.2) is 54.7 Å². The van der Waals surface area contributed by atoms with Crippen molar-refractivity contribution in [3.8, 4) is 5.88 Å². The molecule has 1 aliphatic heterocycles. The van der Waals surface area contributed by atoms with Gasteiger partial charge in [0, 0.05) is 31.7 Å². The van der Waals surface area contributed by atoms with Gasteiger partial charge >= 0.3 is 0 Å². The number of hydrogen-bond donors (Lipinski definition) is 0. The number of aromatic nitrogens is 2. The van der Waals surface area contributed by atoms with E-state index in [0.29, 0.717) is 5.88 Å². The van der Waals surface area contributed by atoms with Crippen molar-refractivity contribution in [1.29, 1.82) is 0 Å². The van der Waals surface area contributed by atoms with Crippen LogP contribution in [0.5, 0.6) is 5.88 Å². The first kappa shape index (κ1) is 15.2. The zero-order valence-corrected chi connectivity index (χ0v) is 14.3. The molecule has 2 saturated carbocycles. The molecule has 1 aromatic rings. The molecule has 1 aromatic heterocycles. The quantitative estimate of drug-likeness (QED) is 0.834. The lowest BCUT2D eigenvalue weighted by Gasteiger charge is -2.35. The minimum atomic E-state index is 0.662. The van der Waals surface area contributed by atoms with E-state index >= 15 is 0 Å². The molecule has 0 bridgehead atoms. The van der Waals surface area contributed by atoms with Gasteiger partial charge in [0.2, 0.25) is 5.88 Å². The van der Waals surface area contributed by atoms with Crippen LogP contribution in [0.3, 0.4) is 0 Å². The van der Waals surface area contributed by atoms with Gasteiger partial charge in [-0.2, -0.15) is 0 Å². The van der Waals surface area contributed by atoms with Crippen molar-refractivity contribution in [3.63, 3.8) is 0 Å². The Morgan fingerprint density at radius 2 is 2.09 bits per heavy atom. The minimum Gasteiger partial charge on any atom is -0.481 e. The van der Waals surface area contributed by atoms with Crippen molar-refractivity contribution in [3.05, 3.63) is 12.4 Å². The molecule has 0 N–H and O–H groups in total. The molecule has 0 unspecified atom stereocenters. The molecular formula is C18H28N4O. The molecule has 5 heteroatoms. The first-order valence-corrected chi connectivity index (χ1v) is 9.06. The van der Waals surface area contributed by atoms with Crippen LogP contribution in [0.2, 0.25) is 0 Å². The summed E-state index contributed by atoms with van der Waals surface area (Å²) in [6, 6.07) is 2.85. The van der Waals surface area contributed by atoms with Gasteiger partial charge in [-0.1, -0.05) is 6.42 Å². The summed E-state index contributed by atoms with van der Waals surface area (Å²) >= 11 is 0. The van der Waals surface area contributed by atoms with E-state index in [1.54, 1.807) is 13.4 Å². The second-order valence-corrected chi connectivity index (χ2v) is 7.61. The molecule has 0 amide bonds. The summed E-state index contributed by atoms with van der Waals surface area (Å²) in [5.74, 6) is 4.21. The van der Waals surface area contributed by atoms with Crippen molar-refractivity contribution in [1.82, 2.24) is 14.9 Å². The molecule has 3 atom stereocenters. The zero-order valence-electron chi connectivity index (χ0n) is 14.3. The van der Waals surface area contributed by atoms with Gasteiger partial charge in [0.15, 0.2) is 0 Å². The lowest BCUT2D eigenvalue weighted by atomic mass is 9.73. The largest absolute Gasteiger partial charge is 0.481 e. The normalized spacial score (nSPS) is 30.6. The highest BCUT2D eigenvalue weighted by Crippen LogP contribution is 2.42. The van der Waals surface area contributed by atoms with Gasteiger partial charge in [0.1, 0.15) is 12.1 Å². The van der Waals surface area contributed by atoms with E-state index in [1.807, 2.05) is 6.07 Å². The topological polar surface area (TPSA) is 41.5 Å². The molecule has 4 rings (SSSR count). The average molecular weight is 316 g/mol. The molecule has 2 aliphatic carbocycles. The maximum Gasteiger partial charge on any atom is 0.218 e. The third-order valence-electron chi connectivity index (χ3n) is 6.10. The standard InChI is InChI=1S/C18H28N4O/c1-21(15-6-7-15)9-13-4-3-5-14-10-22(11-16(13)14)17-8-18(23-2)20-12-19-17/h8,12-16H,3-7,9-11H2,1-2H3/t13-,14+,16+/m0/s1. The molecule has 1 saturated heterocycles. The second kappa shape index (κ2) is 6.27. The predicted molar refractivity (Wildman–Crippen MR) is 90.8 cm³/mol. The van der Waals surface area contributed by atoms with Gasteiger partial charge in [-0.05, 0) is 50.5 Å². The molecule has 23 heavy (non-hydrogen) atoms. The SMILES string of the molecule is COc1cc(N2C[C@H]3CCC[C@@H](CN(C)C4CC4)[C@H]3C2)ncn1. The maximum absolute atomic E-state index is 5.26. The number of ether oxygens (including phenoxy) is 1. The van der Waals surface area contributed by atoms with Crippen LogP contribution in [0.15, 0.2) is 12.4 Å². The Morgan fingerprint density at radius 1 is 1.22 bits per heavy atom. The maximum atomic E-state index is 5.26. The lowest BCUT2D eigenvalue weighted by Crippen LogP contribution is -2.36. The second-order valence-electron chi connectivity index (χ2n) is 7.61. The molecule has 0 spiro atoms. The van der Waals surface area contributed by atoms with Gasteiger partial charge in [0.25, 0.3) is 0 Å². The Labute approximate surface area is 139 Å². The fraction of sp³-hybridized carbons (Fsp3) is 0.778. The van der Waals surface area contributed by atoms with Gasteiger partial charge in [-0.25, -0.2) is 9.97 Å². The monoisotopic (exact) mass is 316 g/mol. The number of nitrogens with zero attached hydrogens (tertiary/aromatic N) is 4. The predicted octanol–water partition coefficient (Wildman–Crippen LogP) is 2.43. The molecule has 3 fully saturated rings. The number of rotatable bonds is 5. The Morgan fingerprint density at radius 3 is 2.87 bits per heavy atom. The summed E-state index contributed by atoms with van der Waals surface area (Å²) in [4.78, 5) is 13.7. The molecule has 126 valence electrons. The Kier molecular flexibility index (Phi) is 4.14. The summed E-state index contributed by atoms with van der Waals surface area (Å²) in [6.07, 6.45) is 8.61. The van der Waals surface area contributed by atoms with Crippen LogP contribution >= 0.6 is 0 Å². The summed E-state index contributed by atoms with van der Waals surface area (Å²) in [5, 5.41) is 0. The van der Waals surface area contributed by atoms with E-state index in [4.69, 9.17) is 4.74 Å². The average Bonchev–Trinajstić information content (AvgIpc) is 3.34. The Hall–Kier alpha value is -1.36. The molecule has 0 aromatic carbocycles. The number of anilines is 1. The Bertz CT molecular complexity index is 548. The smallest absolute Gasteiger partial charge is 0.218 e. The van der Waals surface area contributed by atoms with Gasteiger partial charge in [0.05, 0.1) is 7.11 Å². The fourth-order valence-electron chi connectivity index (χ4n) is 4.65. The van der Waals surface area contributed by atoms with E-state index in [0.717, 1.165) is 42.7 Å². The summed E-state index contributed by atoms with van der Waals surface area (Å²) < 4.78 is 5.26. The molecule has 5 nitrogen and oxygen atoms in total. The first-order chi connectivity index (χ1) is 11.2. The van der Waals surface area contributed by atoms with Gasteiger partial charge < -0.3 is 14.5 Å².